The van der Waals surface area contributed by atoms with E-state index < -0.39 is 9.70 Å². The van der Waals surface area contributed by atoms with E-state index in [1.165, 1.54) is 0 Å². The van der Waals surface area contributed by atoms with Gasteiger partial charge in [0.25, 0.3) is 15.6 Å². The van der Waals surface area contributed by atoms with Gasteiger partial charge in [0, 0.05) is 16.8 Å². The second-order valence-corrected chi connectivity index (χ2v) is 7.87. The number of rotatable bonds is 3. The lowest BCUT2D eigenvalue weighted by Crippen LogP contribution is -2.27. The number of hydrogen-bond donors (Lipinski definition) is 2. The maximum atomic E-state index is 12.4. The van der Waals surface area contributed by atoms with Gasteiger partial charge in [-0.25, -0.2) is 0 Å². The normalized spacial score (nSPS) is 11.4. The molecule has 1 heterocycles. The van der Waals surface area contributed by atoms with Crippen LogP contribution in [0.1, 0.15) is 16.1 Å². The summed E-state index contributed by atoms with van der Waals surface area (Å²) in [5, 5.41) is 6.11. The van der Waals surface area contributed by atoms with E-state index in [0.29, 0.717) is 17.0 Å². The van der Waals surface area contributed by atoms with Crippen molar-refractivity contribution < 1.29 is 14.0 Å². The molecule has 0 spiro atoms. The summed E-state index contributed by atoms with van der Waals surface area (Å²) in [7, 11) is 0. The Morgan fingerprint density at radius 2 is 1.73 bits per heavy atom. The Morgan fingerprint density at radius 3 is 2.38 bits per heavy atom. The van der Waals surface area contributed by atoms with Crippen molar-refractivity contribution in [1.82, 2.24) is 0 Å². The van der Waals surface area contributed by atoms with Gasteiger partial charge in [0.1, 0.15) is 5.58 Å². The summed E-state index contributed by atoms with van der Waals surface area (Å²) in [5.74, 6) is -0.928. The first-order valence-electron chi connectivity index (χ1n) is 7.53. The Balaban J connectivity index is 1.75. The number of carbonyl (C=O) groups excluding carboxylic acids is 2. The average Bonchev–Trinajstić information content (AvgIpc) is 3.00. The standard InChI is InChI=1S/C18H13Cl3N2O3/c1-10-8-12(22-17(25)18(19,20)21)6-7-13(10)23-16(24)15-9-11-4-2-3-5-14(11)26-15/h2-9H,1H3,(H,22,25)(H,23,24). The molecule has 5 nitrogen and oxygen atoms in total. The number of nitrogens with one attached hydrogen (secondary N) is 2. The minimum Gasteiger partial charge on any atom is -0.451 e. The number of aryl methyl sites for hydroxylation is 1. The van der Waals surface area contributed by atoms with Gasteiger partial charge in [0.05, 0.1) is 0 Å². The fourth-order valence-corrected chi connectivity index (χ4v) is 2.50. The Labute approximate surface area is 164 Å². The molecule has 3 aromatic rings. The number of para-hydroxylation sites is 1. The van der Waals surface area contributed by atoms with Crippen molar-refractivity contribution in [2.24, 2.45) is 0 Å². The van der Waals surface area contributed by atoms with Gasteiger partial charge < -0.3 is 15.1 Å². The Morgan fingerprint density at radius 1 is 1.00 bits per heavy atom. The molecule has 3 rings (SSSR count). The van der Waals surface area contributed by atoms with Crippen molar-refractivity contribution in [2.45, 2.75) is 10.7 Å². The molecule has 1 aromatic heterocycles. The number of halogens is 3. The molecule has 0 atom stereocenters. The molecule has 26 heavy (non-hydrogen) atoms. The van der Waals surface area contributed by atoms with E-state index in [1.807, 2.05) is 18.2 Å². The van der Waals surface area contributed by atoms with Crippen LogP contribution in [-0.4, -0.2) is 15.6 Å². The summed E-state index contributed by atoms with van der Waals surface area (Å²) < 4.78 is 3.49. The molecule has 0 unspecified atom stereocenters. The van der Waals surface area contributed by atoms with Gasteiger partial charge in [-0.15, -0.1) is 0 Å². The Kier molecular flexibility index (Phi) is 5.14. The SMILES string of the molecule is Cc1cc(NC(=O)C(Cl)(Cl)Cl)ccc1NC(=O)c1cc2ccccc2o1. The first-order chi connectivity index (χ1) is 12.2. The minimum atomic E-state index is -2.05. The van der Waals surface area contributed by atoms with Crippen molar-refractivity contribution >= 4 is 69.0 Å². The van der Waals surface area contributed by atoms with Crippen molar-refractivity contribution in [3.63, 3.8) is 0 Å². The largest absolute Gasteiger partial charge is 0.451 e. The molecule has 2 amide bonds. The van der Waals surface area contributed by atoms with Crippen LogP contribution in [0, 0.1) is 6.92 Å². The lowest BCUT2D eigenvalue weighted by Gasteiger charge is -2.13. The number of anilines is 2. The first-order valence-corrected chi connectivity index (χ1v) is 8.66. The highest BCUT2D eigenvalue weighted by molar-refractivity contribution is 6.76. The van der Waals surface area contributed by atoms with E-state index in [9.17, 15) is 9.59 Å². The number of fused-ring (bicyclic) bond motifs is 1. The highest BCUT2D eigenvalue weighted by atomic mass is 35.6. The predicted molar refractivity (Wildman–Crippen MR) is 104 cm³/mol. The summed E-state index contributed by atoms with van der Waals surface area (Å²) in [5.41, 5.74) is 2.37. The summed E-state index contributed by atoms with van der Waals surface area (Å²) >= 11 is 16.6. The van der Waals surface area contributed by atoms with Crippen LogP contribution in [-0.2, 0) is 4.79 Å². The van der Waals surface area contributed by atoms with Crippen LogP contribution in [0.4, 0.5) is 11.4 Å². The summed E-state index contributed by atoms with van der Waals surface area (Å²) in [6.45, 7) is 1.78. The number of amides is 2. The number of hydrogen-bond acceptors (Lipinski definition) is 3. The van der Waals surface area contributed by atoms with Crippen molar-refractivity contribution in [3.8, 4) is 0 Å². The van der Waals surface area contributed by atoms with Gasteiger partial charge in [-0.2, -0.15) is 0 Å². The molecule has 0 saturated carbocycles. The van der Waals surface area contributed by atoms with Gasteiger partial charge in [-0.3, -0.25) is 9.59 Å². The summed E-state index contributed by atoms with van der Waals surface area (Å²) in [4.78, 5) is 24.1. The Hall–Kier alpha value is -2.21. The second kappa shape index (κ2) is 7.19. The van der Waals surface area contributed by atoms with Crippen LogP contribution in [0.15, 0.2) is 52.9 Å². The van der Waals surface area contributed by atoms with Gasteiger partial charge in [-0.1, -0.05) is 53.0 Å². The van der Waals surface area contributed by atoms with E-state index in [-0.39, 0.29) is 11.7 Å². The zero-order valence-corrected chi connectivity index (χ0v) is 15.7. The number of furan rings is 1. The van der Waals surface area contributed by atoms with Crippen molar-refractivity contribution in [1.29, 1.82) is 0 Å². The average molecular weight is 412 g/mol. The zero-order valence-electron chi connectivity index (χ0n) is 13.5. The molecule has 0 aliphatic heterocycles. The molecule has 0 radical (unpaired) electrons. The lowest BCUT2D eigenvalue weighted by molar-refractivity contribution is -0.115. The summed E-state index contributed by atoms with van der Waals surface area (Å²) in [6, 6.07) is 13.9. The van der Waals surface area contributed by atoms with Gasteiger partial charge in [0.15, 0.2) is 5.76 Å². The number of alkyl halides is 3. The molecule has 8 heteroatoms. The number of carbonyl (C=O) groups is 2. The molecule has 134 valence electrons. The fraction of sp³-hybridized carbons (Fsp3) is 0.111. The topological polar surface area (TPSA) is 71.3 Å². The minimum absolute atomic E-state index is 0.208. The van der Waals surface area contributed by atoms with Crippen LogP contribution < -0.4 is 10.6 Å². The van der Waals surface area contributed by atoms with E-state index >= 15 is 0 Å². The molecule has 0 saturated heterocycles. The van der Waals surface area contributed by atoms with Gasteiger partial charge >= 0.3 is 0 Å². The Bertz CT molecular complexity index is 960. The molecular formula is C18H13Cl3N2O3. The van der Waals surface area contributed by atoms with Crippen LogP contribution in [0.5, 0.6) is 0 Å². The second-order valence-electron chi connectivity index (χ2n) is 5.58. The highest BCUT2D eigenvalue weighted by Gasteiger charge is 2.30. The van der Waals surface area contributed by atoms with Gasteiger partial charge in [0.2, 0.25) is 0 Å². The van der Waals surface area contributed by atoms with E-state index in [1.54, 1.807) is 37.3 Å². The summed E-state index contributed by atoms with van der Waals surface area (Å²) in [6.07, 6.45) is 0. The third-order valence-electron chi connectivity index (χ3n) is 3.64. The molecule has 0 bridgehead atoms. The van der Waals surface area contributed by atoms with E-state index in [2.05, 4.69) is 10.6 Å². The molecular weight excluding hydrogens is 399 g/mol. The third-order valence-corrected chi connectivity index (χ3v) is 4.15. The smallest absolute Gasteiger partial charge is 0.291 e. The zero-order chi connectivity index (χ0) is 18.9. The first kappa shape index (κ1) is 18.6. The molecule has 2 N–H and O–H groups in total. The van der Waals surface area contributed by atoms with Gasteiger partial charge in [-0.05, 0) is 42.8 Å². The lowest BCUT2D eigenvalue weighted by atomic mass is 10.1. The molecule has 2 aromatic carbocycles. The maximum absolute atomic E-state index is 12.4. The monoisotopic (exact) mass is 410 g/mol. The molecule has 0 aliphatic rings. The van der Waals surface area contributed by atoms with Crippen molar-refractivity contribution in [3.05, 3.63) is 59.9 Å². The third kappa shape index (κ3) is 4.12. The molecule has 0 aliphatic carbocycles. The quantitative estimate of drug-likeness (QED) is 0.574. The van der Waals surface area contributed by atoms with Crippen LogP contribution >= 0.6 is 34.8 Å². The van der Waals surface area contributed by atoms with Crippen LogP contribution in [0.3, 0.4) is 0 Å². The van der Waals surface area contributed by atoms with Crippen LogP contribution in [0.25, 0.3) is 11.0 Å². The van der Waals surface area contributed by atoms with E-state index in [0.717, 1.165) is 10.9 Å². The number of benzene rings is 2. The van der Waals surface area contributed by atoms with Crippen LogP contribution in [0.2, 0.25) is 0 Å². The highest BCUT2D eigenvalue weighted by Crippen LogP contribution is 2.29. The fourth-order valence-electron chi connectivity index (χ4n) is 2.36. The maximum Gasteiger partial charge on any atom is 0.291 e. The van der Waals surface area contributed by atoms with Crippen molar-refractivity contribution in [2.75, 3.05) is 10.6 Å². The predicted octanol–water partition coefficient (Wildman–Crippen LogP) is 5.30. The molecule has 0 fully saturated rings. The van der Waals surface area contributed by atoms with E-state index in [4.69, 9.17) is 39.2 Å².